The predicted octanol–water partition coefficient (Wildman–Crippen LogP) is 4.31. The highest BCUT2D eigenvalue weighted by Gasteiger charge is 2.24. The minimum absolute atomic E-state index is 0.854. The maximum atomic E-state index is 3.66. The van der Waals surface area contributed by atoms with E-state index < -0.39 is 0 Å². The van der Waals surface area contributed by atoms with Crippen LogP contribution in [-0.4, -0.2) is 18.0 Å². The van der Waals surface area contributed by atoms with Crippen molar-refractivity contribution in [1.82, 2.24) is 4.90 Å². The molecule has 1 saturated carbocycles. The van der Waals surface area contributed by atoms with Crippen molar-refractivity contribution in [1.29, 1.82) is 0 Å². The Morgan fingerprint density at radius 1 is 1.06 bits per heavy atom. The summed E-state index contributed by atoms with van der Waals surface area (Å²) in [6.07, 6.45) is 6.95. The Hall–Kier alpha value is -0.340. The SMILES string of the molecule is Brc1cc(CN2CCCCC2)cc(C2CC2)c1. The van der Waals surface area contributed by atoms with Gasteiger partial charge in [0.1, 0.15) is 0 Å². The number of likely N-dealkylation sites (tertiary alicyclic amines) is 1. The van der Waals surface area contributed by atoms with E-state index in [0.29, 0.717) is 0 Å². The lowest BCUT2D eigenvalue weighted by Crippen LogP contribution is -2.29. The summed E-state index contributed by atoms with van der Waals surface area (Å²) in [5.74, 6) is 0.854. The Labute approximate surface area is 112 Å². The normalized spacial score (nSPS) is 21.7. The van der Waals surface area contributed by atoms with E-state index in [2.05, 4.69) is 39.0 Å². The fourth-order valence-corrected chi connectivity index (χ4v) is 3.35. The van der Waals surface area contributed by atoms with Gasteiger partial charge in [-0.05, 0) is 68.0 Å². The highest BCUT2D eigenvalue weighted by Crippen LogP contribution is 2.41. The van der Waals surface area contributed by atoms with E-state index in [1.807, 2.05) is 0 Å². The summed E-state index contributed by atoms with van der Waals surface area (Å²) in [6.45, 7) is 3.70. The summed E-state index contributed by atoms with van der Waals surface area (Å²) < 4.78 is 1.26. The molecular weight excluding hydrogens is 274 g/mol. The van der Waals surface area contributed by atoms with Crippen molar-refractivity contribution in [2.45, 2.75) is 44.6 Å². The molecule has 0 aromatic heterocycles. The summed E-state index contributed by atoms with van der Waals surface area (Å²) in [7, 11) is 0. The molecule has 2 aliphatic rings. The Morgan fingerprint density at radius 3 is 2.53 bits per heavy atom. The zero-order valence-corrected chi connectivity index (χ0v) is 11.9. The average Bonchev–Trinajstić information content (AvgIpc) is 3.13. The van der Waals surface area contributed by atoms with Crippen LogP contribution < -0.4 is 0 Å². The lowest BCUT2D eigenvalue weighted by atomic mass is 10.1. The van der Waals surface area contributed by atoms with Gasteiger partial charge in [0.05, 0.1) is 0 Å². The summed E-state index contributed by atoms with van der Waals surface area (Å²) in [5, 5.41) is 0. The molecule has 3 rings (SSSR count). The second kappa shape index (κ2) is 5.11. The first-order valence-corrected chi connectivity index (χ1v) is 7.62. The minimum atomic E-state index is 0.854. The molecule has 1 aliphatic carbocycles. The number of hydrogen-bond donors (Lipinski definition) is 0. The Kier molecular flexibility index (Phi) is 3.53. The van der Waals surface area contributed by atoms with Crippen LogP contribution in [0.1, 0.15) is 49.1 Å². The Bertz CT molecular complexity index is 392. The number of piperidine rings is 1. The van der Waals surface area contributed by atoms with Crippen LogP contribution in [0.25, 0.3) is 0 Å². The second-order valence-electron chi connectivity index (χ2n) is 5.50. The molecule has 0 bridgehead atoms. The van der Waals surface area contributed by atoms with Crippen LogP contribution in [0.4, 0.5) is 0 Å². The molecule has 2 heteroatoms. The topological polar surface area (TPSA) is 3.24 Å². The van der Waals surface area contributed by atoms with E-state index in [0.717, 1.165) is 12.5 Å². The molecule has 1 heterocycles. The van der Waals surface area contributed by atoms with Gasteiger partial charge >= 0.3 is 0 Å². The monoisotopic (exact) mass is 293 g/mol. The average molecular weight is 294 g/mol. The molecule has 0 unspecified atom stereocenters. The molecule has 2 fully saturated rings. The first-order chi connectivity index (χ1) is 8.31. The zero-order valence-electron chi connectivity index (χ0n) is 10.3. The molecular formula is C15H20BrN. The summed E-state index contributed by atoms with van der Waals surface area (Å²) in [4.78, 5) is 2.60. The number of hydrogen-bond acceptors (Lipinski definition) is 1. The van der Waals surface area contributed by atoms with Crippen LogP contribution in [-0.2, 0) is 6.54 Å². The van der Waals surface area contributed by atoms with Crippen LogP contribution in [0.15, 0.2) is 22.7 Å². The van der Waals surface area contributed by atoms with Gasteiger partial charge in [0.25, 0.3) is 0 Å². The van der Waals surface area contributed by atoms with E-state index in [1.54, 1.807) is 5.56 Å². The van der Waals surface area contributed by atoms with Gasteiger partial charge in [-0.1, -0.05) is 28.4 Å². The molecule has 0 atom stereocenters. The van der Waals surface area contributed by atoms with Gasteiger partial charge in [-0.3, -0.25) is 4.90 Å². The minimum Gasteiger partial charge on any atom is -0.299 e. The lowest BCUT2D eigenvalue weighted by molar-refractivity contribution is 0.221. The van der Waals surface area contributed by atoms with Crippen LogP contribution in [0.5, 0.6) is 0 Å². The molecule has 17 heavy (non-hydrogen) atoms. The van der Waals surface area contributed by atoms with Crippen LogP contribution in [0, 0.1) is 0 Å². The van der Waals surface area contributed by atoms with Gasteiger partial charge < -0.3 is 0 Å². The molecule has 0 radical (unpaired) electrons. The van der Waals surface area contributed by atoms with Gasteiger partial charge in [-0.2, -0.15) is 0 Å². The van der Waals surface area contributed by atoms with Crippen LogP contribution in [0.3, 0.4) is 0 Å². The maximum absolute atomic E-state index is 3.66. The molecule has 1 aromatic rings. The summed E-state index contributed by atoms with van der Waals surface area (Å²) in [5.41, 5.74) is 3.04. The first kappa shape index (κ1) is 11.7. The second-order valence-corrected chi connectivity index (χ2v) is 6.42. The highest BCUT2D eigenvalue weighted by atomic mass is 79.9. The van der Waals surface area contributed by atoms with Crippen molar-refractivity contribution in [3.63, 3.8) is 0 Å². The van der Waals surface area contributed by atoms with Crippen LogP contribution in [0.2, 0.25) is 0 Å². The number of benzene rings is 1. The Morgan fingerprint density at radius 2 is 1.82 bits per heavy atom. The van der Waals surface area contributed by atoms with Crippen molar-refractivity contribution in [3.05, 3.63) is 33.8 Å². The smallest absolute Gasteiger partial charge is 0.0234 e. The molecule has 0 N–H and O–H groups in total. The molecule has 1 saturated heterocycles. The molecule has 92 valence electrons. The van der Waals surface area contributed by atoms with E-state index in [1.165, 1.54) is 55.2 Å². The van der Waals surface area contributed by atoms with Gasteiger partial charge in [-0.25, -0.2) is 0 Å². The lowest BCUT2D eigenvalue weighted by Gasteiger charge is -2.26. The number of halogens is 1. The summed E-state index contributed by atoms with van der Waals surface area (Å²) in [6, 6.07) is 7.02. The first-order valence-electron chi connectivity index (χ1n) is 6.83. The highest BCUT2D eigenvalue weighted by molar-refractivity contribution is 9.10. The molecule has 0 amide bonds. The fraction of sp³-hybridized carbons (Fsp3) is 0.600. The zero-order chi connectivity index (χ0) is 11.7. The molecule has 1 aromatic carbocycles. The maximum Gasteiger partial charge on any atom is 0.0234 e. The molecule has 1 aliphatic heterocycles. The third-order valence-corrected chi connectivity index (χ3v) is 4.34. The van der Waals surface area contributed by atoms with E-state index >= 15 is 0 Å². The van der Waals surface area contributed by atoms with Crippen molar-refractivity contribution in [2.24, 2.45) is 0 Å². The van der Waals surface area contributed by atoms with Crippen molar-refractivity contribution in [3.8, 4) is 0 Å². The van der Waals surface area contributed by atoms with E-state index in [-0.39, 0.29) is 0 Å². The van der Waals surface area contributed by atoms with Crippen molar-refractivity contribution in [2.75, 3.05) is 13.1 Å². The predicted molar refractivity (Wildman–Crippen MR) is 75.2 cm³/mol. The standard InChI is InChI=1S/C15H20BrN/c16-15-9-12(8-14(10-15)13-4-5-13)11-17-6-2-1-3-7-17/h8-10,13H,1-7,11H2. The van der Waals surface area contributed by atoms with Gasteiger partial charge in [0.15, 0.2) is 0 Å². The van der Waals surface area contributed by atoms with Gasteiger partial charge in [0, 0.05) is 11.0 Å². The number of rotatable bonds is 3. The summed E-state index contributed by atoms with van der Waals surface area (Å²) >= 11 is 3.66. The molecule has 0 spiro atoms. The molecule has 1 nitrogen and oxygen atoms in total. The van der Waals surface area contributed by atoms with Crippen molar-refractivity contribution < 1.29 is 0 Å². The third-order valence-electron chi connectivity index (χ3n) is 3.88. The fourth-order valence-electron chi connectivity index (χ4n) is 2.79. The third kappa shape index (κ3) is 3.11. The van der Waals surface area contributed by atoms with Crippen LogP contribution >= 0.6 is 15.9 Å². The Balaban J connectivity index is 1.72. The van der Waals surface area contributed by atoms with Gasteiger partial charge in [-0.15, -0.1) is 0 Å². The number of nitrogens with zero attached hydrogens (tertiary/aromatic N) is 1. The van der Waals surface area contributed by atoms with E-state index in [4.69, 9.17) is 0 Å². The largest absolute Gasteiger partial charge is 0.299 e. The van der Waals surface area contributed by atoms with Gasteiger partial charge in [0.2, 0.25) is 0 Å². The van der Waals surface area contributed by atoms with E-state index in [9.17, 15) is 0 Å². The van der Waals surface area contributed by atoms with Crippen molar-refractivity contribution >= 4 is 15.9 Å². The quantitative estimate of drug-likeness (QED) is 0.803.